The summed E-state index contributed by atoms with van der Waals surface area (Å²) in [5.74, 6) is 2.64. The minimum Gasteiger partial charge on any atom is -0.382 e. The molecule has 0 aromatic heterocycles. The van der Waals surface area contributed by atoms with E-state index < -0.39 is 0 Å². The Hall–Kier alpha value is -1.68. The number of para-hydroxylation sites is 1. The van der Waals surface area contributed by atoms with Crippen LogP contribution in [0.15, 0.2) is 37.4 Å². The summed E-state index contributed by atoms with van der Waals surface area (Å²) in [5.41, 5.74) is 1.96. The summed E-state index contributed by atoms with van der Waals surface area (Å²) >= 11 is 0. The Labute approximate surface area is 86.9 Å². The highest BCUT2D eigenvalue weighted by Gasteiger charge is 1.98. The molecule has 1 nitrogen and oxygen atoms in total. The molecule has 1 aromatic carbocycles. The summed E-state index contributed by atoms with van der Waals surface area (Å²) in [6.07, 6.45) is 5.34. The van der Waals surface area contributed by atoms with Gasteiger partial charge in [0.15, 0.2) is 0 Å². The predicted molar refractivity (Wildman–Crippen MR) is 64.4 cm³/mol. The van der Waals surface area contributed by atoms with Crippen molar-refractivity contribution in [1.82, 2.24) is 0 Å². The van der Waals surface area contributed by atoms with Crippen LogP contribution in [-0.2, 0) is 0 Å². The molecule has 0 radical (unpaired) electrons. The first-order valence-corrected chi connectivity index (χ1v) is 4.56. The third-order valence-electron chi connectivity index (χ3n) is 1.53. The van der Waals surface area contributed by atoms with Crippen LogP contribution in [0.3, 0.4) is 0 Å². The Morgan fingerprint density at radius 2 is 1.86 bits per heavy atom. The second-order valence-electron chi connectivity index (χ2n) is 2.99. The van der Waals surface area contributed by atoms with Crippen LogP contribution in [0, 0.1) is 12.3 Å². The van der Waals surface area contributed by atoms with Crippen LogP contribution >= 0.6 is 0 Å². The zero-order chi connectivity index (χ0) is 11.0. The first-order valence-electron chi connectivity index (χ1n) is 4.56. The largest absolute Gasteiger partial charge is 0.382 e. The van der Waals surface area contributed by atoms with Gasteiger partial charge in [-0.05, 0) is 26.0 Å². The minimum atomic E-state index is 0.416. The van der Waals surface area contributed by atoms with E-state index in [1.54, 1.807) is 0 Å². The molecule has 0 fully saturated rings. The van der Waals surface area contributed by atoms with Crippen molar-refractivity contribution >= 4 is 5.69 Å². The summed E-state index contributed by atoms with van der Waals surface area (Å²) in [6, 6.07) is 8.27. The lowest BCUT2D eigenvalue weighted by atomic mass is 10.2. The van der Waals surface area contributed by atoms with E-state index >= 15 is 0 Å². The van der Waals surface area contributed by atoms with Crippen molar-refractivity contribution in [2.75, 3.05) is 5.32 Å². The molecule has 14 heavy (non-hydrogen) atoms. The van der Waals surface area contributed by atoms with Crippen molar-refractivity contribution in [3.63, 3.8) is 0 Å². The highest BCUT2D eigenvalue weighted by molar-refractivity contribution is 5.58. The molecule has 0 bridgehead atoms. The molecule has 0 spiro atoms. The van der Waals surface area contributed by atoms with E-state index in [2.05, 4.69) is 38.2 Å². The monoisotopic (exact) mass is 187 g/mol. The molecule has 1 aromatic rings. The Balaban J connectivity index is 0.000000791. The average Bonchev–Trinajstić information content (AvgIpc) is 2.21. The van der Waals surface area contributed by atoms with Gasteiger partial charge in [0, 0.05) is 11.6 Å². The lowest BCUT2D eigenvalue weighted by molar-refractivity contribution is 0.899. The number of hydrogen-bond acceptors (Lipinski definition) is 1. The Morgan fingerprint density at radius 3 is 2.36 bits per heavy atom. The molecule has 0 heterocycles. The van der Waals surface area contributed by atoms with Crippen LogP contribution in [0.1, 0.15) is 19.4 Å². The maximum absolute atomic E-state index is 5.34. The lowest BCUT2D eigenvalue weighted by Gasteiger charge is -2.11. The second-order valence-corrected chi connectivity index (χ2v) is 2.99. The number of benzene rings is 1. The molecule has 0 unspecified atom stereocenters. The third kappa shape index (κ3) is 3.82. The highest BCUT2D eigenvalue weighted by atomic mass is 14.9. The number of terminal acetylenes is 1. The fraction of sp³-hybridized carbons (Fsp3) is 0.231. The Kier molecular flexibility index (Phi) is 5.98. The van der Waals surface area contributed by atoms with Crippen molar-refractivity contribution in [2.24, 2.45) is 0 Å². The van der Waals surface area contributed by atoms with Gasteiger partial charge in [0.05, 0.1) is 5.69 Å². The van der Waals surface area contributed by atoms with E-state index in [-0.39, 0.29) is 0 Å². The van der Waals surface area contributed by atoms with E-state index in [1.807, 2.05) is 24.3 Å². The molecular weight excluding hydrogens is 170 g/mol. The van der Waals surface area contributed by atoms with Gasteiger partial charge in [-0.25, -0.2) is 0 Å². The van der Waals surface area contributed by atoms with Crippen molar-refractivity contribution < 1.29 is 0 Å². The smallest absolute Gasteiger partial charge is 0.0501 e. The van der Waals surface area contributed by atoms with E-state index in [4.69, 9.17) is 6.42 Å². The molecule has 0 atom stereocenters. The molecule has 74 valence electrons. The van der Waals surface area contributed by atoms with E-state index in [1.165, 1.54) is 0 Å². The molecule has 1 rings (SSSR count). The minimum absolute atomic E-state index is 0.416. The second kappa shape index (κ2) is 6.80. The quantitative estimate of drug-likeness (QED) is 0.553. The molecule has 0 saturated carbocycles. The van der Waals surface area contributed by atoms with Crippen LogP contribution in [0.25, 0.3) is 0 Å². The van der Waals surface area contributed by atoms with Crippen LogP contribution in [0.4, 0.5) is 5.69 Å². The van der Waals surface area contributed by atoms with E-state index in [0.29, 0.717) is 6.04 Å². The highest BCUT2D eigenvalue weighted by Crippen LogP contribution is 2.14. The molecule has 0 aliphatic heterocycles. The number of hydrogen-bond donors (Lipinski definition) is 1. The summed E-state index contributed by atoms with van der Waals surface area (Å²) in [4.78, 5) is 0. The van der Waals surface area contributed by atoms with Gasteiger partial charge in [-0.2, -0.15) is 0 Å². The molecule has 0 aliphatic carbocycles. The fourth-order valence-electron chi connectivity index (χ4n) is 1.05. The maximum atomic E-state index is 5.34. The van der Waals surface area contributed by atoms with Gasteiger partial charge in [-0.1, -0.05) is 18.1 Å². The zero-order valence-electron chi connectivity index (χ0n) is 8.88. The van der Waals surface area contributed by atoms with Gasteiger partial charge >= 0.3 is 0 Å². The number of nitrogens with one attached hydrogen (secondary N) is 1. The van der Waals surface area contributed by atoms with Gasteiger partial charge in [-0.3, -0.25) is 0 Å². The van der Waals surface area contributed by atoms with Crippen LogP contribution < -0.4 is 5.32 Å². The van der Waals surface area contributed by atoms with E-state index in [0.717, 1.165) is 11.3 Å². The first-order chi connectivity index (χ1) is 6.74. The van der Waals surface area contributed by atoms with Crippen molar-refractivity contribution in [3.8, 4) is 12.3 Å². The van der Waals surface area contributed by atoms with Crippen LogP contribution in [0.2, 0.25) is 0 Å². The first kappa shape index (κ1) is 12.3. The summed E-state index contributed by atoms with van der Waals surface area (Å²) in [5, 5.41) is 3.28. The van der Waals surface area contributed by atoms with Gasteiger partial charge < -0.3 is 5.32 Å². The van der Waals surface area contributed by atoms with Gasteiger partial charge in [-0.15, -0.1) is 19.6 Å². The van der Waals surface area contributed by atoms with Crippen molar-refractivity contribution in [1.29, 1.82) is 0 Å². The normalized spacial score (nSPS) is 8.43. The summed E-state index contributed by atoms with van der Waals surface area (Å²) in [6.45, 7) is 10.2. The molecule has 1 heteroatoms. The van der Waals surface area contributed by atoms with Gasteiger partial charge in [0.1, 0.15) is 0 Å². The zero-order valence-corrected chi connectivity index (χ0v) is 8.88. The van der Waals surface area contributed by atoms with E-state index in [9.17, 15) is 0 Å². The number of rotatable bonds is 2. The standard InChI is InChI=1S/C11H13N.C2H4/c1-4-10-7-5-6-8-11(10)12-9(2)3;1-2/h1,5-9,12H,2-3H3;1-2H2. The predicted octanol–water partition coefficient (Wildman–Crippen LogP) is 3.29. The average molecular weight is 187 g/mol. The molecule has 1 N–H and O–H groups in total. The van der Waals surface area contributed by atoms with Gasteiger partial charge in [0.2, 0.25) is 0 Å². The molecular formula is C13H17N. The molecule has 0 saturated heterocycles. The maximum Gasteiger partial charge on any atom is 0.0501 e. The van der Waals surface area contributed by atoms with Crippen LogP contribution in [0.5, 0.6) is 0 Å². The van der Waals surface area contributed by atoms with Gasteiger partial charge in [0.25, 0.3) is 0 Å². The third-order valence-corrected chi connectivity index (χ3v) is 1.53. The lowest BCUT2D eigenvalue weighted by Crippen LogP contribution is -2.10. The van der Waals surface area contributed by atoms with Crippen molar-refractivity contribution in [3.05, 3.63) is 43.0 Å². The fourth-order valence-corrected chi connectivity index (χ4v) is 1.05. The summed E-state index contributed by atoms with van der Waals surface area (Å²) < 4.78 is 0. The SMILES string of the molecule is C#Cc1ccccc1NC(C)C.C=C. The number of anilines is 1. The summed E-state index contributed by atoms with van der Waals surface area (Å²) in [7, 11) is 0. The molecule has 0 amide bonds. The Bertz CT molecular complexity index is 307. The van der Waals surface area contributed by atoms with Crippen LogP contribution in [-0.4, -0.2) is 6.04 Å². The Morgan fingerprint density at radius 1 is 1.29 bits per heavy atom. The molecule has 0 aliphatic rings. The van der Waals surface area contributed by atoms with Crippen molar-refractivity contribution in [2.45, 2.75) is 19.9 Å². The topological polar surface area (TPSA) is 12.0 Å².